The largest absolute Gasteiger partial charge is 0.573 e. The zero-order valence-electron chi connectivity index (χ0n) is 21.7. The van der Waals surface area contributed by atoms with E-state index in [2.05, 4.69) is 19.9 Å². The number of aliphatic hydroxyl groups is 1. The van der Waals surface area contributed by atoms with Crippen molar-refractivity contribution in [3.05, 3.63) is 48.0 Å². The molecular formula is C26H34F3N5O5. The van der Waals surface area contributed by atoms with Crippen LogP contribution >= 0.6 is 0 Å². The van der Waals surface area contributed by atoms with E-state index in [-0.39, 0.29) is 17.4 Å². The van der Waals surface area contributed by atoms with Crippen molar-refractivity contribution in [2.75, 3.05) is 39.3 Å². The van der Waals surface area contributed by atoms with E-state index in [0.717, 1.165) is 44.6 Å². The minimum Gasteiger partial charge on any atom is -0.476 e. The number of halogens is 3. The van der Waals surface area contributed by atoms with Gasteiger partial charge < -0.3 is 29.7 Å². The number of carbonyl (C=O) groups excluding carboxylic acids is 1. The van der Waals surface area contributed by atoms with Crippen LogP contribution in [0.15, 0.2) is 36.8 Å². The number of aromatic nitrogens is 2. The van der Waals surface area contributed by atoms with E-state index in [0.29, 0.717) is 37.4 Å². The predicted molar refractivity (Wildman–Crippen MR) is 134 cm³/mol. The summed E-state index contributed by atoms with van der Waals surface area (Å²) in [5, 5.41) is 21.4. The first-order valence-corrected chi connectivity index (χ1v) is 12.9. The molecule has 0 spiro atoms. The number of imidazole rings is 1. The fourth-order valence-corrected chi connectivity index (χ4v) is 5.40. The Hall–Kier alpha value is -3.16. The number of carbonyl (C=O) groups is 2. The molecule has 2 aromatic rings. The summed E-state index contributed by atoms with van der Waals surface area (Å²) in [5.74, 6) is 0.630. The number of nitrogens with one attached hydrogen (secondary N) is 1. The molecule has 3 atom stereocenters. The number of aromatic carboxylic acids is 1. The van der Waals surface area contributed by atoms with E-state index >= 15 is 0 Å². The average Bonchev–Trinajstić information content (AvgIpc) is 3.17. The summed E-state index contributed by atoms with van der Waals surface area (Å²) < 4.78 is 42.5. The number of benzene rings is 1. The van der Waals surface area contributed by atoms with Crippen LogP contribution in [0.4, 0.5) is 13.2 Å². The van der Waals surface area contributed by atoms with Crippen LogP contribution in [0, 0.1) is 17.8 Å². The third-order valence-corrected chi connectivity index (χ3v) is 7.32. The molecule has 10 nitrogen and oxygen atoms in total. The average molecular weight is 554 g/mol. The van der Waals surface area contributed by atoms with Crippen LogP contribution in [0.25, 0.3) is 0 Å². The van der Waals surface area contributed by atoms with Crippen LogP contribution in [0.3, 0.4) is 0 Å². The highest BCUT2D eigenvalue weighted by atomic mass is 19.4. The first-order valence-electron chi connectivity index (χ1n) is 12.9. The van der Waals surface area contributed by atoms with E-state index < -0.39 is 18.4 Å². The van der Waals surface area contributed by atoms with Gasteiger partial charge in [0.25, 0.3) is 0 Å². The molecule has 2 aliphatic heterocycles. The van der Waals surface area contributed by atoms with Crippen molar-refractivity contribution < 1.29 is 37.7 Å². The Bertz CT molecular complexity index is 1130. The molecule has 1 aromatic heterocycles. The van der Waals surface area contributed by atoms with Crippen molar-refractivity contribution in [1.82, 2.24) is 24.7 Å². The number of hydrogen-bond acceptors (Lipinski definition) is 7. The number of rotatable bonds is 8. The van der Waals surface area contributed by atoms with Crippen molar-refractivity contribution >= 4 is 11.9 Å². The van der Waals surface area contributed by atoms with Gasteiger partial charge >= 0.3 is 12.3 Å². The number of carboxylic acids is 1. The maximum atomic E-state index is 12.4. The lowest BCUT2D eigenvalue weighted by atomic mass is 10.1. The highest BCUT2D eigenvalue weighted by Crippen LogP contribution is 2.51. The smallest absolute Gasteiger partial charge is 0.476 e. The van der Waals surface area contributed by atoms with Gasteiger partial charge in [0.05, 0.1) is 19.0 Å². The Morgan fingerprint density at radius 2 is 1.95 bits per heavy atom. The summed E-state index contributed by atoms with van der Waals surface area (Å²) in [7, 11) is 1.72. The van der Waals surface area contributed by atoms with Crippen molar-refractivity contribution in [1.29, 1.82) is 0 Å². The van der Waals surface area contributed by atoms with Gasteiger partial charge in [-0.3, -0.25) is 9.69 Å². The van der Waals surface area contributed by atoms with E-state index in [9.17, 15) is 27.9 Å². The van der Waals surface area contributed by atoms with Gasteiger partial charge in [-0.15, -0.1) is 13.2 Å². The minimum atomic E-state index is -4.68. The summed E-state index contributed by atoms with van der Waals surface area (Å²) in [6.07, 6.45) is -0.557. The molecule has 1 aliphatic carbocycles. The number of aliphatic hydroxyl groups excluding tert-OH is 1. The number of piperidine rings is 2. The number of likely N-dealkylation sites (tertiary alicyclic amines) is 2. The summed E-state index contributed by atoms with van der Waals surface area (Å²) >= 11 is 0. The highest BCUT2D eigenvalue weighted by Gasteiger charge is 2.55. The Morgan fingerprint density at radius 1 is 1.21 bits per heavy atom. The quantitative estimate of drug-likeness (QED) is 0.454. The second-order valence-electron chi connectivity index (χ2n) is 10.4. The molecule has 1 amide bonds. The second-order valence-corrected chi connectivity index (χ2v) is 10.4. The van der Waals surface area contributed by atoms with Crippen molar-refractivity contribution in [3.63, 3.8) is 0 Å². The number of alkyl halides is 3. The standard InChI is InChI=1S/C21H28F3N3O3.C5H6N2O2/c22-21(23,24)30-16-5-1-3-14(7-16)8-25-9-17-18-11-26(12-19(17)18)13-20(29)27-6-2-4-15(28)10-27;1-7-2-4(5(8)9)6-3-7/h1,3,5,7,15,17-19,25,28H,2,4,6,8-13H2;2-3H,1H3,(H,8,9). The number of aryl methyl sites for hydroxylation is 1. The number of carboxylic acid groups (broad SMARTS) is 1. The zero-order chi connectivity index (χ0) is 28.2. The van der Waals surface area contributed by atoms with Crippen LogP contribution in [0.5, 0.6) is 5.75 Å². The van der Waals surface area contributed by atoms with Crippen molar-refractivity contribution in [2.45, 2.75) is 31.9 Å². The Balaban J connectivity index is 0.000000333. The Labute approximate surface area is 224 Å². The summed E-state index contributed by atoms with van der Waals surface area (Å²) in [5.41, 5.74) is 0.830. The third-order valence-electron chi connectivity index (χ3n) is 7.32. The van der Waals surface area contributed by atoms with Crippen LogP contribution in [-0.4, -0.2) is 93.2 Å². The van der Waals surface area contributed by atoms with E-state index in [1.54, 1.807) is 28.6 Å². The van der Waals surface area contributed by atoms with Gasteiger partial charge in [-0.1, -0.05) is 12.1 Å². The van der Waals surface area contributed by atoms with Gasteiger partial charge in [0, 0.05) is 46.0 Å². The Kier molecular flexibility index (Phi) is 9.13. The van der Waals surface area contributed by atoms with Crippen LogP contribution in [0.2, 0.25) is 0 Å². The lowest BCUT2D eigenvalue weighted by Gasteiger charge is -2.31. The number of hydrogen-bond donors (Lipinski definition) is 3. The number of amides is 1. The van der Waals surface area contributed by atoms with Crippen LogP contribution in [-0.2, 0) is 18.4 Å². The molecule has 39 heavy (non-hydrogen) atoms. The SMILES string of the molecule is Cn1cnc(C(=O)O)c1.O=C(CN1CC2C(CNCc3cccc(OC(F)(F)F)c3)C2C1)N1CCCC(O)C1. The van der Waals surface area contributed by atoms with Gasteiger partial charge in [0.2, 0.25) is 5.91 Å². The summed E-state index contributed by atoms with van der Waals surface area (Å²) in [6.45, 7) is 4.73. The molecule has 3 fully saturated rings. The lowest BCUT2D eigenvalue weighted by Crippen LogP contribution is -2.46. The van der Waals surface area contributed by atoms with Gasteiger partial charge in [-0.2, -0.15) is 0 Å². The molecule has 3 heterocycles. The second kappa shape index (κ2) is 12.3. The first kappa shape index (κ1) is 28.8. The fraction of sp³-hybridized carbons (Fsp3) is 0.577. The number of fused-ring (bicyclic) bond motifs is 1. The third kappa shape index (κ3) is 8.41. The van der Waals surface area contributed by atoms with Gasteiger partial charge in [0.15, 0.2) is 5.69 Å². The van der Waals surface area contributed by atoms with Gasteiger partial charge in [-0.25, -0.2) is 9.78 Å². The molecule has 5 rings (SSSR count). The molecule has 2 saturated heterocycles. The van der Waals surface area contributed by atoms with E-state index in [1.165, 1.54) is 24.7 Å². The Morgan fingerprint density at radius 3 is 2.54 bits per heavy atom. The minimum absolute atomic E-state index is 0.0810. The normalized spacial score (nSPS) is 24.5. The lowest BCUT2D eigenvalue weighted by molar-refractivity contribution is -0.274. The summed E-state index contributed by atoms with van der Waals surface area (Å²) in [6, 6.07) is 6.02. The molecule has 3 unspecified atom stereocenters. The van der Waals surface area contributed by atoms with Crippen LogP contribution < -0.4 is 10.1 Å². The maximum absolute atomic E-state index is 12.4. The predicted octanol–water partition coefficient (Wildman–Crippen LogP) is 1.95. The molecule has 0 bridgehead atoms. The zero-order valence-corrected chi connectivity index (χ0v) is 21.7. The number of β-amino-alcohol motifs (C(OH)–C–C–N with tert-alkyl or cyclic N) is 1. The highest BCUT2D eigenvalue weighted by molar-refractivity contribution is 5.84. The maximum Gasteiger partial charge on any atom is 0.573 e. The molecule has 3 aliphatic rings. The molecule has 13 heteroatoms. The number of nitrogens with zero attached hydrogens (tertiary/aromatic N) is 4. The molecule has 0 radical (unpaired) electrons. The van der Waals surface area contributed by atoms with E-state index in [4.69, 9.17) is 5.11 Å². The molecular weight excluding hydrogens is 519 g/mol. The van der Waals surface area contributed by atoms with Crippen LogP contribution in [0.1, 0.15) is 28.9 Å². The molecule has 1 saturated carbocycles. The fourth-order valence-electron chi connectivity index (χ4n) is 5.40. The monoisotopic (exact) mass is 553 g/mol. The van der Waals surface area contributed by atoms with Crippen molar-refractivity contribution in [2.24, 2.45) is 24.8 Å². The van der Waals surface area contributed by atoms with E-state index in [1.807, 2.05) is 0 Å². The molecule has 3 N–H and O–H groups in total. The summed E-state index contributed by atoms with van der Waals surface area (Å²) in [4.78, 5) is 30.1. The molecule has 1 aromatic carbocycles. The topological polar surface area (TPSA) is 120 Å². The number of ether oxygens (including phenoxy) is 1. The first-order chi connectivity index (χ1) is 18.5. The van der Waals surface area contributed by atoms with Crippen molar-refractivity contribution in [3.8, 4) is 5.75 Å². The van der Waals surface area contributed by atoms with Gasteiger partial charge in [-0.05, 0) is 54.8 Å². The van der Waals surface area contributed by atoms with Gasteiger partial charge in [0.1, 0.15) is 5.75 Å². The molecule has 214 valence electrons.